The van der Waals surface area contributed by atoms with E-state index < -0.39 is 12.0 Å². The molecule has 0 saturated carbocycles. The first-order valence-corrected chi connectivity index (χ1v) is 10.4. The van der Waals surface area contributed by atoms with Gasteiger partial charge in [-0.05, 0) is 48.4 Å². The number of carboxylic acids is 1. The molecule has 1 N–H and O–H groups in total. The Labute approximate surface area is 186 Å². The molecule has 3 aromatic carbocycles. The summed E-state index contributed by atoms with van der Waals surface area (Å²) in [7, 11) is 0. The van der Waals surface area contributed by atoms with E-state index >= 15 is 0 Å². The topological polar surface area (TPSA) is 51.5 Å². The number of hydrogen-bond donors (Lipinski definition) is 1. The number of aromatic nitrogens is 1. The van der Waals surface area contributed by atoms with Crippen molar-refractivity contribution in [3.63, 3.8) is 0 Å². The largest absolute Gasteiger partial charge is 0.489 e. The lowest BCUT2D eigenvalue weighted by Crippen LogP contribution is -2.23. The minimum Gasteiger partial charge on any atom is -0.489 e. The first kappa shape index (κ1) is 21.4. The zero-order valence-electron chi connectivity index (χ0n) is 17.7. The number of nitrogens with zero attached hydrogens (tertiary/aromatic N) is 1. The minimum absolute atomic E-state index is 0.132. The van der Waals surface area contributed by atoms with Crippen molar-refractivity contribution in [1.29, 1.82) is 0 Å². The number of ether oxygens (including phenoxy) is 1. The fraction of sp³-hybridized carbons (Fsp3) is 0.148. The van der Waals surface area contributed by atoms with Gasteiger partial charge in [0, 0.05) is 23.4 Å². The molecule has 0 unspecified atom stereocenters. The summed E-state index contributed by atoms with van der Waals surface area (Å²) >= 11 is 0. The van der Waals surface area contributed by atoms with Crippen LogP contribution in [0.25, 0.3) is 11.3 Å². The van der Waals surface area contributed by atoms with Crippen LogP contribution in [0, 0.1) is 12.7 Å². The molecule has 0 saturated heterocycles. The summed E-state index contributed by atoms with van der Waals surface area (Å²) < 4.78 is 21.3. The molecule has 0 radical (unpaired) electrons. The molecule has 0 aliphatic carbocycles. The number of halogens is 1. The van der Waals surface area contributed by atoms with E-state index in [1.807, 2.05) is 66.1 Å². The van der Waals surface area contributed by atoms with E-state index in [0.29, 0.717) is 17.7 Å². The zero-order chi connectivity index (χ0) is 22.5. The summed E-state index contributed by atoms with van der Waals surface area (Å²) in [5.74, 6) is -0.586. The Hall–Kier alpha value is -3.86. The van der Waals surface area contributed by atoms with Crippen LogP contribution in [0.5, 0.6) is 5.75 Å². The number of rotatable bonds is 8. The van der Waals surface area contributed by atoms with Gasteiger partial charge in [0.2, 0.25) is 0 Å². The second-order valence-electron chi connectivity index (χ2n) is 7.68. The van der Waals surface area contributed by atoms with Crippen LogP contribution in [0.4, 0.5) is 4.39 Å². The minimum atomic E-state index is -0.888. The highest BCUT2D eigenvalue weighted by molar-refractivity contribution is 5.75. The van der Waals surface area contributed by atoms with Crippen LogP contribution >= 0.6 is 0 Å². The summed E-state index contributed by atoms with van der Waals surface area (Å²) in [5, 5.41) is 10.0. The maximum atomic E-state index is 13.8. The van der Waals surface area contributed by atoms with Gasteiger partial charge in [-0.3, -0.25) is 0 Å². The van der Waals surface area contributed by atoms with Crippen molar-refractivity contribution in [2.75, 3.05) is 0 Å². The van der Waals surface area contributed by atoms with E-state index in [2.05, 4.69) is 0 Å². The molecule has 0 fully saturated rings. The highest BCUT2D eigenvalue weighted by Gasteiger charge is 2.24. The molecule has 32 heavy (non-hydrogen) atoms. The molecule has 0 bridgehead atoms. The quantitative estimate of drug-likeness (QED) is 0.371. The van der Waals surface area contributed by atoms with Crippen LogP contribution < -0.4 is 4.74 Å². The molecule has 0 spiro atoms. The van der Waals surface area contributed by atoms with Crippen LogP contribution in [0.2, 0.25) is 0 Å². The molecule has 0 aliphatic rings. The lowest BCUT2D eigenvalue weighted by Gasteiger charge is -2.20. The predicted octanol–water partition coefficient (Wildman–Crippen LogP) is 6.05. The molecule has 162 valence electrons. The maximum Gasteiger partial charge on any atom is 0.327 e. The molecule has 1 atom stereocenters. The average molecular weight is 429 g/mol. The van der Waals surface area contributed by atoms with Gasteiger partial charge in [-0.2, -0.15) is 0 Å². The third-order valence-electron chi connectivity index (χ3n) is 5.49. The molecule has 0 amide bonds. The number of carbonyl (C=O) groups is 1. The fourth-order valence-corrected chi connectivity index (χ4v) is 3.82. The lowest BCUT2D eigenvalue weighted by atomic mass is 10.0. The fourth-order valence-electron chi connectivity index (χ4n) is 3.82. The van der Waals surface area contributed by atoms with Crippen molar-refractivity contribution >= 4 is 5.97 Å². The van der Waals surface area contributed by atoms with Gasteiger partial charge in [-0.25, -0.2) is 9.18 Å². The van der Waals surface area contributed by atoms with E-state index in [1.165, 1.54) is 6.07 Å². The monoisotopic (exact) mass is 429 g/mol. The average Bonchev–Trinajstić information content (AvgIpc) is 3.19. The second-order valence-corrected chi connectivity index (χ2v) is 7.68. The van der Waals surface area contributed by atoms with Crippen molar-refractivity contribution in [2.24, 2.45) is 0 Å². The van der Waals surface area contributed by atoms with Gasteiger partial charge >= 0.3 is 5.97 Å². The SMILES string of the molecule is Cc1ccc(-c2ccccc2)n1[C@@H](Cc1ccc(OCc2ccccc2F)cc1)C(=O)O. The Morgan fingerprint density at radius 3 is 2.31 bits per heavy atom. The Morgan fingerprint density at radius 2 is 1.62 bits per heavy atom. The van der Waals surface area contributed by atoms with Gasteiger partial charge in [-0.1, -0.05) is 60.7 Å². The van der Waals surface area contributed by atoms with Crippen LogP contribution in [-0.2, 0) is 17.8 Å². The Bertz CT molecular complexity index is 1200. The summed E-state index contributed by atoms with van der Waals surface area (Å²) in [6.45, 7) is 2.05. The van der Waals surface area contributed by atoms with Crippen molar-refractivity contribution in [3.8, 4) is 17.0 Å². The van der Waals surface area contributed by atoms with Crippen molar-refractivity contribution in [1.82, 2.24) is 4.57 Å². The number of hydrogen-bond acceptors (Lipinski definition) is 2. The van der Waals surface area contributed by atoms with Crippen LogP contribution in [-0.4, -0.2) is 15.6 Å². The van der Waals surface area contributed by atoms with Crippen molar-refractivity contribution < 1.29 is 19.0 Å². The van der Waals surface area contributed by atoms with E-state index in [0.717, 1.165) is 22.5 Å². The zero-order valence-corrected chi connectivity index (χ0v) is 17.7. The highest BCUT2D eigenvalue weighted by Crippen LogP contribution is 2.29. The smallest absolute Gasteiger partial charge is 0.327 e. The van der Waals surface area contributed by atoms with Crippen molar-refractivity contribution in [3.05, 3.63) is 114 Å². The van der Waals surface area contributed by atoms with Gasteiger partial charge in [0.15, 0.2) is 0 Å². The maximum absolute atomic E-state index is 13.8. The van der Waals surface area contributed by atoms with Crippen LogP contribution in [0.1, 0.15) is 22.9 Å². The van der Waals surface area contributed by atoms with Gasteiger partial charge in [0.25, 0.3) is 0 Å². The lowest BCUT2D eigenvalue weighted by molar-refractivity contribution is -0.140. The first-order valence-electron chi connectivity index (χ1n) is 10.4. The molecule has 4 aromatic rings. The van der Waals surface area contributed by atoms with Crippen LogP contribution in [0.15, 0.2) is 91.0 Å². The molecule has 4 nitrogen and oxygen atoms in total. The molecule has 4 rings (SSSR count). The summed E-state index contributed by atoms with van der Waals surface area (Å²) in [5.41, 5.74) is 4.10. The van der Waals surface area contributed by atoms with E-state index in [-0.39, 0.29) is 12.4 Å². The van der Waals surface area contributed by atoms with Gasteiger partial charge in [0.05, 0.1) is 0 Å². The molecule has 1 heterocycles. The number of aryl methyl sites for hydroxylation is 1. The number of benzene rings is 3. The Kier molecular flexibility index (Phi) is 6.36. The van der Waals surface area contributed by atoms with E-state index in [9.17, 15) is 14.3 Å². The van der Waals surface area contributed by atoms with E-state index in [1.54, 1.807) is 30.3 Å². The Morgan fingerprint density at radius 1 is 0.938 bits per heavy atom. The molecule has 1 aromatic heterocycles. The number of aliphatic carboxylic acids is 1. The molecular formula is C27H24FNO3. The number of carboxylic acid groups (broad SMARTS) is 1. The van der Waals surface area contributed by atoms with Gasteiger partial charge < -0.3 is 14.4 Å². The third-order valence-corrected chi connectivity index (χ3v) is 5.49. The predicted molar refractivity (Wildman–Crippen MR) is 122 cm³/mol. The third kappa shape index (κ3) is 4.72. The second kappa shape index (κ2) is 9.52. The first-order chi connectivity index (χ1) is 15.5. The highest BCUT2D eigenvalue weighted by atomic mass is 19.1. The summed E-state index contributed by atoms with van der Waals surface area (Å²) in [6.07, 6.45) is 0.332. The van der Waals surface area contributed by atoms with E-state index in [4.69, 9.17) is 4.74 Å². The molecule has 5 heteroatoms. The van der Waals surface area contributed by atoms with Crippen LogP contribution in [0.3, 0.4) is 0 Å². The summed E-state index contributed by atoms with van der Waals surface area (Å²) in [4.78, 5) is 12.2. The standard InChI is InChI=1S/C27H24FNO3/c1-19-11-16-25(21-7-3-2-4-8-21)29(19)26(27(30)31)17-20-12-14-23(15-13-20)32-18-22-9-5-6-10-24(22)28/h2-16,26H,17-18H2,1H3,(H,30,31)/t26-/m0/s1. The Balaban J connectivity index is 1.52. The van der Waals surface area contributed by atoms with Gasteiger partial charge in [-0.15, -0.1) is 0 Å². The summed E-state index contributed by atoms with van der Waals surface area (Å²) in [6, 6.07) is 26.7. The molecular weight excluding hydrogens is 405 g/mol. The van der Waals surface area contributed by atoms with Crippen molar-refractivity contribution in [2.45, 2.75) is 26.0 Å². The van der Waals surface area contributed by atoms with Gasteiger partial charge in [0.1, 0.15) is 24.2 Å². The normalized spacial score (nSPS) is 11.8. The molecule has 0 aliphatic heterocycles.